The highest BCUT2D eigenvalue weighted by atomic mass is 19.4. The lowest BCUT2D eigenvalue weighted by atomic mass is 9.91. The van der Waals surface area contributed by atoms with Crippen molar-refractivity contribution in [2.24, 2.45) is 5.92 Å². The summed E-state index contributed by atoms with van der Waals surface area (Å²) in [7, 11) is 1.19. The van der Waals surface area contributed by atoms with E-state index in [1.54, 1.807) is 4.90 Å². The molecule has 1 heterocycles. The van der Waals surface area contributed by atoms with Crippen LogP contribution >= 0.6 is 0 Å². The van der Waals surface area contributed by atoms with Gasteiger partial charge in [0, 0.05) is 6.54 Å². The van der Waals surface area contributed by atoms with Gasteiger partial charge in [0.25, 0.3) is 0 Å². The molecule has 0 saturated carbocycles. The number of hydrogen-bond donors (Lipinski definition) is 1. The van der Waals surface area contributed by atoms with Gasteiger partial charge in [0.05, 0.1) is 12.7 Å². The summed E-state index contributed by atoms with van der Waals surface area (Å²) in [4.78, 5) is 13.1. The zero-order valence-corrected chi connectivity index (χ0v) is 13.1. The molecule has 8 heteroatoms. The van der Waals surface area contributed by atoms with Crippen LogP contribution in [0.1, 0.15) is 24.0 Å². The molecule has 2 rings (SSSR count). The first-order valence-electron chi connectivity index (χ1n) is 7.56. The van der Waals surface area contributed by atoms with Crippen LogP contribution in [-0.2, 0) is 22.3 Å². The lowest BCUT2D eigenvalue weighted by molar-refractivity contribution is -0.154. The lowest BCUT2D eigenvalue weighted by Gasteiger charge is -2.33. The molecular weight excluding hydrogens is 330 g/mol. The standard InChI is InChI=1S/C16H19F4NO3/c1-24-15(23)14(22)10-4-6-21(7-5-10)9-11-2-3-12(17)8-13(11)16(18,19)20/h2-3,8,10,14,22H,4-7,9H2,1H3/t14-/m0/s1. The largest absolute Gasteiger partial charge is 0.467 e. The van der Waals surface area contributed by atoms with Crippen molar-refractivity contribution in [2.75, 3.05) is 20.2 Å². The van der Waals surface area contributed by atoms with Gasteiger partial charge in [-0.3, -0.25) is 4.90 Å². The first-order valence-corrected chi connectivity index (χ1v) is 7.56. The van der Waals surface area contributed by atoms with E-state index in [2.05, 4.69) is 4.74 Å². The number of methoxy groups -OCH3 is 1. The number of piperidine rings is 1. The molecule has 1 aliphatic heterocycles. The number of halogens is 4. The maximum Gasteiger partial charge on any atom is 0.416 e. The quantitative estimate of drug-likeness (QED) is 0.671. The van der Waals surface area contributed by atoms with E-state index in [1.807, 2.05) is 0 Å². The average Bonchev–Trinajstić information content (AvgIpc) is 2.55. The molecule has 1 atom stereocenters. The number of nitrogens with zero attached hydrogens (tertiary/aromatic N) is 1. The predicted molar refractivity (Wildman–Crippen MR) is 77.4 cm³/mol. The molecule has 1 N–H and O–H groups in total. The van der Waals surface area contributed by atoms with E-state index in [4.69, 9.17) is 0 Å². The van der Waals surface area contributed by atoms with Crippen LogP contribution in [0.5, 0.6) is 0 Å². The maximum atomic E-state index is 13.1. The summed E-state index contributed by atoms with van der Waals surface area (Å²) in [6.45, 7) is 0.914. The van der Waals surface area contributed by atoms with Crippen LogP contribution in [-0.4, -0.2) is 42.3 Å². The van der Waals surface area contributed by atoms with Crippen LogP contribution in [0.4, 0.5) is 17.6 Å². The number of esters is 1. The minimum Gasteiger partial charge on any atom is -0.467 e. The average molecular weight is 349 g/mol. The minimum absolute atomic E-state index is 0.0101. The van der Waals surface area contributed by atoms with Crippen molar-refractivity contribution in [3.8, 4) is 0 Å². The van der Waals surface area contributed by atoms with E-state index in [9.17, 15) is 27.5 Å². The minimum atomic E-state index is -4.61. The number of likely N-dealkylation sites (tertiary alicyclic amines) is 1. The predicted octanol–water partition coefficient (Wildman–Crippen LogP) is 2.59. The van der Waals surface area contributed by atoms with Crippen LogP contribution in [0.2, 0.25) is 0 Å². The van der Waals surface area contributed by atoms with Crippen molar-refractivity contribution in [3.05, 3.63) is 35.1 Å². The molecule has 1 aromatic rings. The fourth-order valence-corrected chi connectivity index (χ4v) is 2.93. The number of ether oxygens (including phenoxy) is 1. The number of aliphatic hydroxyl groups is 1. The smallest absolute Gasteiger partial charge is 0.416 e. The van der Waals surface area contributed by atoms with Gasteiger partial charge in [0.15, 0.2) is 6.10 Å². The lowest BCUT2D eigenvalue weighted by Crippen LogP contribution is -2.40. The molecule has 1 saturated heterocycles. The number of carbonyl (C=O) groups is 1. The molecule has 0 aliphatic carbocycles. The number of aliphatic hydroxyl groups excluding tert-OH is 1. The molecule has 4 nitrogen and oxygen atoms in total. The molecule has 1 fully saturated rings. The summed E-state index contributed by atoms with van der Waals surface area (Å²) >= 11 is 0. The molecule has 134 valence electrons. The second-order valence-electron chi connectivity index (χ2n) is 5.88. The van der Waals surface area contributed by atoms with E-state index in [0.29, 0.717) is 32.0 Å². The Bertz CT molecular complexity index is 583. The first kappa shape index (κ1) is 18.7. The third-order valence-electron chi connectivity index (χ3n) is 4.29. The highest BCUT2D eigenvalue weighted by Crippen LogP contribution is 2.33. The monoisotopic (exact) mass is 349 g/mol. The molecule has 0 spiro atoms. The molecule has 1 aromatic carbocycles. The SMILES string of the molecule is COC(=O)[C@@H](O)C1CCN(Cc2ccc(F)cc2C(F)(F)F)CC1. The fourth-order valence-electron chi connectivity index (χ4n) is 2.93. The molecule has 1 aliphatic rings. The van der Waals surface area contributed by atoms with Crippen LogP contribution in [0, 0.1) is 11.7 Å². The fraction of sp³-hybridized carbons (Fsp3) is 0.562. The van der Waals surface area contributed by atoms with Gasteiger partial charge in [-0.1, -0.05) is 6.07 Å². The van der Waals surface area contributed by atoms with Gasteiger partial charge in [-0.2, -0.15) is 13.2 Å². The third-order valence-corrected chi connectivity index (χ3v) is 4.29. The maximum absolute atomic E-state index is 13.1. The van der Waals surface area contributed by atoms with Crippen LogP contribution in [0.15, 0.2) is 18.2 Å². The second-order valence-corrected chi connectivity index (χ2v) is 5.88. The van der Waals surface area contributed by atoms with Crippen LogP contribution in [0.25, 0.3) is 0 Å². The highest BCUT2D eigenvalue weighted by Gasteiger charge is 2.35. The van der Waals surface area contributed by atoms with E-state index in [0.717, 1.165) is 12.1 Å². The first-order chi connectivity index (χ1) is 11.2. The molecule has 0 radical (unpaired) electrons. The van der Waals surface area contributed by atoms with E-state index in [1.165, 1.54) is 7.11 Å². The Balaban J connectivity index is 2.01. The molecular formula is C16H19F4NO3. The Morgan fingerprint density at radius 2 is 2.00 bits per heavy atom. The van der Waals surface area contributed by atoms with Crippen molar-refractivity contribution < 1.29 is 32.2 Å². The van der Waals surface area contributed by atoms with Gasteiger partial charge in [0.1, 0.15) is 5.82 Å². The number of hydrogen-bond acceptors (Lipinski definition) is 4. The summed E-state index contributed by atoms with van der Waals surface area (Å²) in [5.74, 6) is -1.90. The van der Waals surface area contributed by atoms with Crippen molar-refractivity contribution in [2.45, 2.75) is 31.7 Å². The van der Waals surface area contributed by atoms with Crippen LogP contribution in [0.3, 0.4) is 0 Å². The Hall–Kier alpha value is -1.67. The zero-order chi connectivity index (χ0) is 17.9. The summed E-state index contributed by atoms with van der Waals surface area (Å²) in [5.41, 5.74) is -0.963. The Labute approximate surface area is 137 Å². The highest BCUT2D eigenvalue weighted by molar-refractivity contribution is 5.74. The van der Waals surface area contributed by atoms with Crippen molar-refractivity contribution >= 4 is 5.97 Å². The summed E-state index contributed by atoms with van der Waals surface area (Å²) in [5, 5.41) is 9.82. The zero-order valence-electron chi connectivity index (χ0n) is 13.1. The molecule has 0 aromatic heterocycles. The van der Waals surface area contributed by atoms with Gasteiger partial charge in [-0.15, -0.1) is 0 Å². The number of benzene rings is 1. The van der Waals surface area contributed by atoms with Gasteiger partial charge < -0.3 is 9.84 Å². The number of alkyl halides is 3. The normalized spacial score (nSPS) is 18.4. The topological polar surface area (TPSA) is 49.8 Å². The van der Waals surface area contributed by atoms with Crippen molar-refractivity contribution in [1.82, 2.24) is 4.90 Å². The summed E-state index contributed by atoms with van der Waals surface area (Å²) in [6.07, 6.45) is -4.89. The molecule has 0 amide bonds. The molecule has 0 bridgehead atoms. The van der Waals surface area contributed by atoms with Crippen molar-refractivity contribution in [1.29, 1.82) is 0 Å². The summed E-state index contributed by atoms with van der Waals surface area (Å²) < 4.78 is 56.6. The van der Waals surface area contributed by atoms with Gasteiger partial charge in [-0.25, -0.2) is 9.18 Å². The van der Waals surface area contributed by atoms with E-state index < -0.39 is 29.6 Å². The van der Waals surface area contributed by atoms with E-state index >= 15 is 0 Å². The number of carbonyl (C=O) groups excluding carboxylic acids is 1. The van der Waals surface area contributed by atoms with Gasteiger partial charge >= 0.3 is 12.1 Å². The number of rotatable bonds is 4. The van der Waals surface area contributed by atoms with E-state index in [-0.39, 0.29) is 18.0 Å². The Kier molecular flexibility index (Phi) is 5.82. The van der Waals surface area contributed by atoms with Crippen LogP contribution < -0.4 is 0 Å². The summed E-state index contributed by atoms with van der Waals surface area (Å²) in [6, 6.07) is 2.66. The Morgan fingerprint density at radius 3 is 2.54 bits per heavy atom. The van der Waals surface area contributed by atoms with Crippen molar-refractivity contribution in [3.63, 3.8) is 0 Å². The third kappa shape index (κ3) is 4.45. The van der Waals surface area contributed by atoms with Gasteiger partial charge in [0.2, 0.25) is 0 Å². The van der Waals surface area contributed by atoms with Gasteiger partial charge in [-0.05, 0) is 49.5 Å². The molecule has 0 unspecified atom stereocenters. The Morgan fingerprint density at radius 1 is 1.38 bits per heavy atom. The second kappa shape index (κ2) is 7.48. The molecule has 24 heavy (non-hydrogen) atoms.